The molecule has 3 rings (SSSR count). The first kappa shape index (κ1) is 16.8. The number of alkyl halides is 2. The number of methoxy groups -OCH3 is 1. The number of fused-ring (bicyclic) bond motifs is 1. The van der Waals surface area contributed by atoms with E-state index in [-0.39, 0.29) is 24.9 Å². The quantitative estimate of drug-likeness (QED) is 0.728. The van der Waals surface area contributed by atoms with Crippen molar-refractivity contribution in [2.24, 2.45) is 0 Å². The molecule has 126 valence electrons. The number of rotatable bonds is 4. The second-order valence-electron chi connectivity index (χ2n) is 6.39. The van der Waals surface area contributed by atoms with Crippen molar-refractivity contribution in [3.8, 4) is 0 Å². The van der Waals surface area contributed by atoms with E-state index in [9.17, 15) is 8.78 Å². The Morgan fingerprint density at radius 3 is 2.74 bits per heavy atom. The van der Waals surface area contributed by atoms with E-state index >= 15 is 0 Å². The van der Waals surface area contributed by atoms with E-state index < -0.39 is 5.92 Å². The molecule has 1 aromatic carbocycles. The number of ether oxygens (including phenoxy) is 1. The van der Waals surface area contributed by atoms with Gasteiger partial charge in [0, 0.05) is 30.3 Å². The molecule has 0 unspecified atom stereocenters. The molecule has 1 heterocycles. The Labute approximate surface area is 143 Å². The smallest absolute Gasteiger partial charge is 0.248 e. The number of halogens is 3. The molecule has 3 nitrogen and oxygen atoms in total. The molecule has 0 amide bonds. The molecule has 0 saturated heterocycles. The number of benzene rings is 1. The summed E-state index contributed by atoms with van der Waals surface area (Å²) in [5, 5.41) is 0. The van der Waals surface area contributed by atoms with Crippen LogP contribution in [0.15, 0.2) is 22.7 Å². The lowest BCUT2D eigenvalue weighted by molar-refractivity contribution is -0.0390. The van der Waals surface area contributed by atoms with E-state index in [0.29, 0.717) is 19.4 Å². The van der Waals surface area contributed by atoms with E-state index in [1.807, 2.05) is 25.1 Å². The average Bonchev–Trinajstić information content (AvgIpc) is 2.85. The minimum absolute atomic E-state index is 0.0372. The van der Waals surface area contributed by atoms with Gasteiger partial charge >= 0.3 is 0 Å². The standard InChI is InChI=1S/C17H21BrF2N2O/c1-11(23-2)10-22-15-9-13(18)3-4-14(15)21-16(22)12-5-7-17(19,20)8-6-12/h3-4,9,11-12H,5-8,10H2,1-2H3/t11-/m0/s1. The van der Waals surface area contributed by atoms with E-state index in [1.165, 1.54) is 0 Å². The maximum atomic E-state index is 13.5. The van der Waals surface area contributed by atoms with Gasteiger partial charge in [-0.2, -0.15) is 0 Å². The van der Waals surface area contributed by atoms with E-state index in [2.05, 4.69) is 20.5 Å². The number of nitrogens with zero attached hydrogens (tertiary/aromatic N) is 2. The summed E-state index contributed by atoms with van der Waals surface area (Å²) in [6.45, 7) is 2.67. The van der Waals surface area contributed by atoms with Crippen molar-refractivity contribution < 1.29 is 13.5 Å². The van der Waals surface area contributed by atoms with Gasteiger partial charge in [-0.05, 0) is 38.0 Å². The summed E-state index contributed by atoms with van der Waals surface area (Å²) in [7, 11) is 1.68. The lowest BCUT2D eigenvalue weighted by Crippen LogP contribution is -2.26. The monoisotopic (exact) mass is 386 g/mol. The Kier molecular flexibility index (Phi) is 4.74. The predicted octanol–water partition coefficient (Wildman–Crippen LogP) is 5.13. The fraction of sp³-hybridized carbons (Fsp3) is 0.588. The summed E-state index contributed by atoms with van der Waals surface area (Å²) in [5.41, 5.74) is 1.93. The minimum Gasteiger partial charge on any atom is -0.380 e. The first-order chi connectivity index (χ1) is 10.9. The van der Waals surface area contributed by atoms with Gasteiger partial charge in [0.05, 0.1) is 23.7 Å². The van der Waals surface area contributed by atoms with Gasteiger partial charge in [-0.1, -0.05) is 15.9 Å². The zero-order valence-corrected chi connectivity index (χ0v) is 14.9. The molecule has 0 bridgehead atoms. The molecule has 1 atom stereocenters. The van der Waals surface area contributed by atoms with Crippen LogP contribution < -0.4 is 0 Å². The summed E-state index contributed by atoms with van der Waals surface area (Å²) in [5.74, 6) is -1.52. The molecule has 0 N–H and O–H groups in total. The molecule has 1 aromatic heterocycles. The van der Waals surface area contributed by atoms with Gasteiger partial charge < -0.3 is 9.30 Å². The Hall–Kier alpha value is -1.01. The highest BCUT2D eigenvalue weighted by molar-refractivity contribution is 9.10. The van der Waals surface area contributed by atoms with Crippen LogP contribution in [-0.2, 0) is 11.3 Å². The molecule has 1 aliphatic carbocycles. The van der Waals surface area contributed by atoms with Crippen molar-refractivity contribution in [3.05, 3.63) is 28.5 Å². The Morgan fingerprint density at radius 2 is 2.09 bits per heavy atom. The lowest BCUT2D eigenvalue weighted by atomic mass is 9.86. The predicted molar refractivity (Wildman–Crippen MR) is 90.1 cm³/mol. The van der Waals surface area contributed by atoms with E-state index in [0.717, 1.165) is 21.3 Å². The van der Waals surface area contributed by atoms with Crippen LogP contribution in [0.1, 0.15) is 44.3 Å². The molecule has 2 aromatic rings. The van der Waals surface area contributed by atoms with Crippen molar-refractivity contribution in [1.82, 2.24) is 9.55 Å². The zero-order chi connectivity index (χ0) is 16.6. The van der Waals surface area contributed by atoms with Gasteiger partial charge in [0.1, 0.15) is 5.82 Å². The normalized spacial score (nSPS) is 20.0. The molecular weight excluding hydrogens is 366 g/mol. The van der Waals surface area contributed by atoms with Crippen molar-refractivity contribution >= 4 is 27.0 Å². The fourth-order valence-corrected chi connectivity index (χ4v) is 3.60. The SMILES string of the molecule is CO[C@@H](C)Cn1c(C2CCC(F)(F)CC2)nc2ccc(Br)cc21. The highest BCUT2D eigenvalue weighted by Crippen LogP contribution is 2.41. The molecule has 0 aliphatic heterocycles. The van der Waals surface area contributed by atoms with Gasteiger partial charge in [0.15, 0.2) is 0 Å². The van der Waals surface area contributed by atoms with E-state index in [1.54, 1.807) is 7.11 Å². The van der Waals surface area contributed by atoms with Crippen molar-refractivity contribution in [1.29, 1.82) is 0 Å². The van der Waals surface area contributed by atoms with Crippen LogP contribution in [0.5, 0.6) is 0 Å². The molecule has 6 heteroatoms. The van der Waals surface area contributed by atoms with Gasteiger partial charge in [0.2, 0.25) is 5.92 Å². The molecule has 0 radical (unpaired) electrons. The van der Waals surface area contributed by atoms with Crippen LogP contribution in [0.4, 0.5) is 8.78 Å². The zero-order valence-electron chi connectivity index (χ0n) is 13.4. The van der Waals surface area contributed by atoms with Crippen molar-refractivity contribution in [2.45, 2.75) is 57.1 Å². The van der Waals surface area contributed by atoms with Gasteiger partial charge in [-0.15, -0.1) is 0 Å². The van der Waals surface area contributed by atoms with Crippen molar-refractivity contribution in [3.63, 3.8) is 0 Å². The van der Waals surface area contributed by atoms with Gasteiger partial charge in [-0.25, -0.2) is 13.8 Å². The topological polar surface area (TPSA) is 27.1 Å². The first-order valence-electron chi connectivity index (χ1n) is 7.96. The molecule has 1 fully saturated rings. The first-order valence-corrected chi connectivity index (χ1v) is 8.75. The van der Waals surface area contributed by atoms with Gasteiger partial charge in [-0.3, -0.25) is 0 Å². The second-order valence-corrected chi connectivity index (χ2v) is 7.31. The van der Waals surface area contributed by atoms with Crippen LogP contribution in [-0.4, -0.2) is 28.7 Å². The summed E-state index contributed by atoms with van der Waals surface area (Å²) < 4.78 is 35.4. The van der Waals surface area contributed by atoms with E-state index in [4.69, 9.17) is 9.72 Å². The number of hydrogen-bond donors (Lipinski definition) is 0. The third kappa shape index (κ3) is 3.58. The number of imidazole rings is 1. The maximum Gasteiger partial charge on any atom is 0.248 e. The Balaban J connectivity index is 1.99. The molecule has 1 aliphatic rings. The largest absolute Gasteiger partial charge is 0.380 e. The van der Waals surface area contributed by atoms with Gasteiger partial charge in [0.25, 0.3) is 0 Å². The minimum atomic E-state index is -2.52. The summed E-state index contributed by atoms with van der Waals surface area (Å²) in [6, 6.07) is 5.96. The molecule has 0 spiro atoms. The summed E-state index contributed by atoms with van der Waals surface area (Å²) >= 11 is 3.50. The Morgan fingerprint density at radius 1 is 1.39 bits per heavy atom. The number of aromatic nitrogens is 2. The molecule has 23 heavy (non-hydrogen) atoms. The highest BCUT2D eigenvalue weighted by atomic mass is 79.9. The van der Waals surface area contributed by atoms with Crippen LogP contribution in [0.2, 0.25) is 0 Å². The van der Waals surface area contributed by atoms with Crippen LogP contribution in [0, 0.1) is 0 Å². The Bertz CT molecular complexity index is 691. The highest BCUT2D eigenvalue weighted by Gasteiger charge is 2.37. The summed E-state index contributed by atoms with van der Waals surface area (Å²) in [6.07, 6.45) is 0.905. The van der Waals surface area contributed by atoms with Crippen LogP contribution in [0.3, 0.4) is 0 Å². The maximum absolute atomic E-state index is 13.5. The van der Waals surface area contributed by atoms with Crippen LogP contribution in [0.25, 0.3) is 11.0 Å². The fourth-order valence-electron chi connectivity index (χ4n) is 3.25. The second kappa shape index (κ2) is 6.48. The van der Waals surface area contributed by atoms with Crippen LogP contribution >= 0.6 is 15.9 Å². The molecular formula is C17H21BrF2N2O. The third-order valence-electron chi connectivity index (χ3n) is 4.66. The third-order valence-corrected chi connectivity index (χ3v) is 5.16. The average molecular weight is 387 g/mol. The van der Waals surface area contributed by atoms with Crippen molar-refractivity contribution in [2.75, 3.05) is 7.11 Å². The lowest BCUT2D eigenvalue weighted by Gasteiger charge is -2.28. The molecule has 1 saturated carbocycles. The number of hydrogen-bond acceptors (Lipinski definition) is 2. The summed E-state index contributed by atoms with van der Waals surface area (Å²) in [4.78, 5) is 4.75.